The summed E-state index contributed by atoms with van der Waals surface area (Å²) < 4.78 is 1.69. The van der Waals surface area contributed by atoms with Crippen molar-refractivity contribution in [2.45, 2.75) is 50.9 Å². The molecule has 160 valence electrons. The highest BCUT2D eigenvalue weighted by atomic mass is 32.2. The first kappa shape index (κ1) is 21.2. The SMILES string of the molecule is CCCCCCSc1n[n+]2c(c(=O)[nH]1)-c1ccccc1N(C(C)=O)C2c1ccncc1. The molecule has 2 aromatic heterocycles. The van der Waals surface area contributed by atoms with Crippen LogP contribution in [0.25, 0.3) is 11.3 Å². The van der Waals surface area contributed by atoms with Crippen LogP contribution in [0.4, 0.5) is 5.69 Å². The highest BCUT2D eigenvalue weighted by molar-refractivity contribution is 7.99. The number of nitrogens with one attached hydrogen (secondary N) is 1. The number of benzene rings is 1. The average molecular weight is 437 g/mol. The number of amides is 1. The van der Waals surface area contributed by atoms with Crippen LogP contribution in [-0.2, 0) is 4.79 Å². The number of thioether (sulfide) groups is 1. The molecule has 0 spiro atoms. The molecule has 1 aliphatic rings. The topological polar surface area (TPSA) is 82.8 Å². The summed E-state index contributed by atoms with van der Waals surface area (Å²) in [7, 11) is 0. The zero-order valence-electron chi connectivity index (χ0n) is 17.7. The van der Waals surface area contributed by atoms with E-state index in [4.69, 9.17) is 5.10 Å². The van der Waals surface area contributed by atoms with E-state index in [1.807, 2.05) is 36.4 Å². The van der Waals surface area contributed by atoms with Gasteiger partial charge in [-0.2, -0.15) is 0 Å². The van der Waals surface area contributed by atoms with Gasteiger partial charge in [-0.05, 0) is 35.4 Å². The molecule has 0 radical (unpaired) electrons. The zero-order chi connectivity index (χ0) is 21.8. The van der Waals surface area contributed by atoms with Crippen molar-refractivity contribution in [1.29, 1.82) is 0 Å². The van der Waals surface area contributed by atoms with Gasteiger partial charge < -0.3 is 0 Å². The molecule has 1 atom stereocenters. The van der Waals surface area contributed by atoms with E-state index >= 15 is 0 Å². The van der Waals surface area contributed by atoms with Crippen LogP contribution in [0.2, 0.25) is 0 Å². The average Bonchev–Trinajstić information content (AvgIpc) is 2.78. The number of aromatic amines is 1. The quantitative estimate of drug-likeness (QED) is 0.347. The zero-order valence-corrected chi connectivity index (χ0v) is 18.6. The van der Waals surface area contributed by atoms with E-state index in [1.165, 1.54) is 19.8 Å². The second kappa shape index (κ2) is 9.43. The van der Waals surface area contributed by atoms with Gasteiger partial charge in [0.15, 0.2) is 0 Å². The summed E-state index contributed by atoms with van der Waals surface area (Å²) >= 11 is 1.54. The van der Waals surface area contributed by atoms with Gasteiger partial charge in [0, 0.05) is 35.7 Å². The molecule has 8 heteroatoms. The summed E-state index contributed by atoms with van der Waals surface area (Å²) in [6.45, 7) is 3.72. The van der Waals surface area contributed by atoms with Crippen LogP contribution in [-0.4, -0.2) is 26.7 Å². The third kappa shape index (κ3) is 4.25. The minimum atomic E-state index is -0.563. The number of unbranched alkanes of at least 4 members (excludes halogenated alkanes) is 3. The maximum absolute atomic E-state index is 13.2. The Hall–Kier alpha value is -3.00. The van der Waals surface area contributed by atoms with Crippen molar-refractivity contribution in [3.63, 3.8) is 0 Å². The number of carbonyl (C=O) groups excluding carboxylic acids is 1. The van der Waals surface area contributed by atoms with Crippen LogP contribution in [0.15, 0.2) is 58.7 Å². The van der Waals surface area contributed by atoms with Gasteiger partial charge in [-0.1, -0.05) is 50.1 Å². The molecule has 3 heterocycles. The smallest absolute Gasteiger partial charge is 0.291 e. The Balaban J connectivity index is 1.83. The summed E-state index contributed by atoms with van der Waals surface area (Å²) in [6, 6.07) is 11.2. The number of nitrogens with zero attached hydrogens (tertiary/aromatic N) is 4. The largest absolute Gasteiger partial charge is 0.325 e. The lowest BCUT2D eigenvalue weighted by atomic mass is 10.0. The second-order valence-corrected chi connectivity index (χ2v) is 8.61. The summed E-state index contributed by atoms with van der Waals surface area (Å²) in [5, 5.41) is 5.35. The summed E-state index contributed by atoms with van der Waals surface area (Å²) in [5.74, 6) is 0.762. The predicted octanol–water partition coefficient (Wildman–Crippen LogP) is 3.71. The third-order valence-corrected chi connectivity index (χ3v) is 6.29. The van der Waals surface area contributed by atoms with Gasteiger partial charge in [0.05, 0.1) is 11.3 Å². The van der Waals surface area contributed by atoms with E-state index in [-0.39, 0.29) is 11.5 Å². The van der Waals surface area contributed by atoms with Crippen molar-refractivity contribution in [2.24, 2.45) is 0 Å². The molecule has 31 heavy (non-hydrogen) atoms. The number of rotatable bonds is 7. The molecule has 0 fully saturated rings. The van der Waals surface area contributed by atoms with Gasteiger partial charge in [-0.25, -0.2) is 4.90 Å². The van der Waals surface area contributed by atoms with Crippen molar-refractivity contribution < 1.29 is 9.48 Å². The molecule has 1 N–H and O–H groups in total. The van der Waals surface area contributed by atoms with E-state index in [1.54, 1.807) is 33.7 Å². The van der Waals surface area contributed by atoms with Crippen LogP contribution in [0.3, 0.4) is 0 Å². The van der Waals surface area contributed by atoms with Gasteiger partial charge in [0.1, 0.15) is 0 Å². The normalized spacial score (nSPS) is 14.8. The van der Waals surface area contributed by atoms with Crippen molar-refractivity contribution in [3.8, 4) is 11.3 Å². The molecule has 0 saturated heterocycles. The highest BCUT2D eigenvalue weighted by Crippen LogP contribution is 2.37. The van der Waals surface area contributed by atoms with Gasteiger partial charge in [-0.15, -0.1) is 0 Å². The van der Waals surface area contributed by atoms with Crippen molar-refractivity contribution in [3.05, 3.63) is 64.7 Å². The Labute approximate surface area is 185 Å². The Kier molecular flexibility index (Phi) is 6.46. The molecular formula is C23H26N5O2S+. The number of hydrogen-bond acceptors (Lipinski definition) is 5. The first-order chi connectivity index (χ1) is 15.1. The summed E-state index contributed by atoms with van der Waals surface area (Å²) in [5.41, 5.74) is 2.47. The number of fused-ring (bicyclic) bond motifs is 3. The number of anilines is 1. The Morgan fingerprint density at radius 3 is 2.68 bits per heavy atom. The fraction of sp³-hybridized carbons (Fsp3) is 0.348. The first-order valence-corrected chi connectivity index (χ1v) is 11.6. The molecule has 1 amide bonds. The number of carbonyl (C=O) groups is 1. The molecule has 0 saturated carbocycles. The Morgan fingerprint density at radius 2 is 1.94 bits per heavy atom. The summed E-state index contributed by atoms with van der Waals surface area (Å²) in [6.07, 6.45) is 7.43. The molecule has 7 nitrogen and oxygen atoms in total. The van der Waals surface area contributed by atoms with Gasteiger partial charge in [-0.3, -0.25) is 19.6 Å². The lowest BCUT2D eigenvalue weighted by molar-refractivity contribution is -0.763. The second-order valence-electron chi connectivity index (χ2n) is 7.52. The van der Waals surface area contributed by atoms with Gasteiger partial charge in [0.2, 0.25) is 11.1 Å². The number of aromatic nitrogens is 4. The fourth-order valence-corrected chi connectivity index (χ4v) is 4.76. The molecule has 0 aliphatic carbocycles. The van der Waals surface area contributed by atoms with E-state index < -0.39 is 6.17 Å². The van der Waals surface area contributed by atoms with Crippen molar-refractivity contribution in [2.75, 3.05) is 10.7 Å². The van der Waals surface area contributed by atoms with Crippen LogP contribution in [0.5, 0.6) is 0 Å². The van der Waals surface area contributed by atoms with Crippen molar-refractivity contribution in [1.82, 2.24) is 15.1 Å². The lowest BCUT2D eigenvalue weighted by Crippen LogP contribution is -2.60. The molecule has 1 unspecified atom stereocenters. The molecule has 1 aliphatic heterocycles. The van der Waals surface area contributed by atoms with Crippen LogP contribution >= 0.6 is 11.8 Å². The van der Waals surface area contributed by atoms with E-state index in [2.05, 4.69) is 16.9 Å². The molecule has 4 rings (SSSR count). The lowest BCUT2D eigenvalue weighted by Gasteiger charge is -2.31. The molecule has 0 bridgehead atoms. The maximum Gasteiger partial charge on any atom is 0.325 e. The van der Waals surface area contributed by atoms with Crippen LogP contribution < -0.4 is 15.1 Å². The highest BCUT2D eigenvalue weighted by Gasteiger charge is 2.44. The molecule has 1 aromatic carbocycles. The Bertz CT molecular complexity index is 1130. The molecular weight excluding hydrogens is 410 g/mol. The minimum absolute atomic E-state index is 0.122. The van der Waals surface area contributed by atoms with Crippen LogP contribution in [0.1, 0.15) is 51.3 Å². The number of H-pyrrole nitrogens is 1. The molecule has 3 aromatic rings. The monoisotopic (exact) mass is 436 g/mol. The Morgan fingerprint density at radius 1 is 1.16 bits per heavy atom. The first-order valence-electron chi connectivity index (χ1n) is 10.6. The number of para-hydroxylation sites is 1. The van der Waals surface area contributed by atoms with Crippen molar-refractivity contribution >= 4 is 23.4 Å². The number of pyridine rings is 1. The maximum atomic E-state index is 13.2. The number of hydrogen-bond donors (Lipinski definition) is 1. The predicted molar refractivity (Wildman–Crippen MR) is 121 cm³/mol. The van der Waals surface area contributed by atoms with Crippen LogP contribution in [0, 0.1) is 0 Å². The third-order valence-electron chi connectivity index (χ3n) is 5.34. The standard InChI is InChI=1S/C23H25N5O2S/c1-3-4-5-8-15-31-23-25-21(30)20-18-9-6-7-10-19(18)27(16(2)29)22(28(20)26-23)17-11-13-24-14-12-17/h6-7,9-14,22H,3-5,8,15H2,1-2H3/p+1. The van der Waals surface area contributed by atoms with Gasteiger partial charge in [0.25, 0.3) is 6.17 Å². The summed E-state index contributed by atoms with van der Waals surface area (Å²) in [4.78, 5) is 34.7. The van der Waals surface area contributed by atoms with Gasteiger partial charge >= 0.3 is 11.3 Å². The fourth-order valence-electron chi connectivity index (χ4n) is 3.91. The van der Waals surface area contributed by atoms with E-state index in [0.29, 0.717) is 22.1 Å². The minimum Gasteiger partial charge on any atom is -0.291 e. The van der Waals surface area contributed by atoms with E-state index in [9.17, 15) is 9.59 Å². The van der Waals surface area contributed by atoms with E-state index in [0.717, 1.165) is 24.2 Å².